The summed E-state index contributed by atoms with van der Waals surface area (Å²) >= 11 is 5.74. The van der Waals surface area contributed by atoms with Gasteiger partial charge < -0.3 is 15.7 Å². The third-order valence-corrected chi connectivity index (χ3v) is 2.22. The summed E-state index contributed by atoms with van der Waals surface area (Å²) < 4.78 is 0. The molecule has 2 amide bonds. The average Bonchev–Trinajstić information content (AvgIpc) is 2.27. The molecule has 0 saturated heterocycles. The topological polar surface area (TPSA) is 78.4 Å². The van der Waals surface area contributed by atoms with Gasteiger partial charge in [-0.2, -0.15) is 0 Å². The first-order valence-electron chi connectivity index (χ1n) is 5.00. The summed E-state index contributed by atoms with van der Waals surface area (Å²) in [5.41, 5.74) is 0.268. The van der Waals surface area contributed by atoms with Gasteiger partial charge in [0.2, 0.25) is 0 Å². The van der Waals surface area contributed by atoms with Gasteiger partial charge in [0.15, 0.2) is 0 Å². The van der Waals surface area contributed by atoms with E-state index in [-0.39, 0.29) is 16.3 Å². The van der Waals surface area contributed by atoms with Crippen molar-refractivity contribution >= 4 is 29.3 Å². The number of benzene rings is 1. The lowest BCUT2D eigenvalue weighted by atomic mass is 10.2. The number of halogens is 1. The first-order chi connectivity index (χ1) is 8.42. The van der Waals surface area contributed by atoms with Crippen LogP contribution < -0.4 is 10.6 Å². The van der Waals surface area contributed by atoms with Crippen LogP contribution in [0.1, 0.15) is 17.3 Å². The zero-order chi connectivity index (χ0) is 13.7. The van der Waals surface area contributed by atoms with Crippen molar-refractivity contribution in [1.82, 2.24) is 5.32 Å². The molecule has 94 valence electrons. The fourth-order valence-electron chi connectivity index (χ4n) is 1.19. The van der Waals surface area contributed by atoms with Crippen molar-refractivity contribution in [3.63, 3.8) is 0 Å². The van der Waals surface area contributed by atoms with Crippen LogP contribution in [0.2, 0.25) is 5.02 Å². The largest absolute Gasteiger partial charge is 0.478 e. The Labute approximate surface area is 109 Å². The molecule has 1 aromatic rings. The first kappa shape index (κ1) is 13.9. The van der Waals surface area contributed by atoms with Crippen LogP contribution in [-0.4, -0.2) is 23.1 Å². The number of carbonyl (C=O) groups excluding carboxylic acids is 1. The molecule has 5 nitrogen and oxygen atoms in total. The van der Waals surface area contributed by atoms with E-state index in [1.54, 1.807) is 6.92 Å². The van der Waals surface area contributed by atoms with E-state index in [1.165, 1.54) is 18.2 Å². The van der Waals surface area contributed by atoms with E-state index >= 15 is 0 Å². The van der Waals surface area contributed by atoms with Gasteiger partial charge in [-0.3, -0.25) is 0 Å². The van der Waals surface area contributed by atoms with Gasteiger partial charge in [0, 0.05) is 10.7 Å². The fraction of sp³-hybridized carbons (Fsp3) is 0.167. The Morgan fingerprint density at radius 3 is 2.67 bits per heavy atom. The van der Waals surface area contributed by atoms with Gasteiger partial charge in [-0.05, 0) is 25.1 Å². The minimum Gasteiger partial charge on any atom is -0.478 e. The molecule has 0 aromatic heterocycles. The van der Waals surface area contributed by atoms with Gasteiger partial charge in [-0.1, -0.05) is 17.5 Å². The SMILES string of the molecule is C#CC(C)NC(=O)Nc1cc(Cl)cc(C(=O)O)c1. The minimum atomic E-state index is -1.13. The molecule has 0 fully saturated rings. The number of aromatic carboxylic acids is 1. The van der Waals surface area contributed by atoms with Gasteiger partial charge in [-0.25, -0.2) is 9.59 Å². The number of urea groups is 1. The maximum Gasteiger partial charge on any atom is 0.335 e. The molecule has 3 N–H and O–H groups in total. The molecule has 6 heteroatoms. The van der Waals surface area contributed by atoms with Crippen LogP contribution in [0.25, 0.3) is 0 Å². The number of hydrogen-bond acceptors (Lipinski definition) is 2. The predicted molar refractivity (Wildman–Crippen MR) is 68.9 cm³/mol. The summed E-state index contributed by atoms with van der Waals surface area (Å²) in [5, 5.41) is 14.0. The average molecular weight is 267 g/mol. The predicted octanol–water partition coefficient (Wildman–Crippen LogP) is 2.18. The monoisotopic (exact) mass is 266 g/mol. The molecule has 18 heavy (non-hydrogen) atoms. The lowest BCUT2D eigenvalue weighted by Gasteiger charge is -2.10. The Hall–Kier alpha value is -2.19. The highest BCUT2D eigenvalue weighted by atomic mass is 35.5. The Kier molecular flexibility index (Phi) is 4.58. The molecule has 0 aliphatic carbocycles. The zero-order valence-electron chi connectivity index (χ0n) is 9.53. The van der Waals surface area contributed by atoms with Crippen LogP contribution in [0.3, 0.4) is 0 Å². The number of amides is 2. The Morgan fingerprint density at radius 1 is 1.44 bits per heavy atom. The van der Waals surface area contributed by atoms with E-state index in [9.17, 15) is 9.59 Å². The fourth-order valence-corrected chi connectivity index (χ4v) is 1.43. The Morgan fingerprint density at radius 2 is 2.11 bits per heavy atom. The summed E-state index contributed by atoms with van der Waals surface area (Å²) in [6.07, 6.45) is 5.11. The minimum absolute atomic E-state index is 0.0113. The molecule has 0 spiro atoms. The van der Waals surface area contributed by atoms with Crippen molar-refractivity contribution in [2.24, 2.45) is 0 Å². The number of hydrogen-bond donors (Lipinski definition) is 3. The second-order valence-electron chi connectivity index (χ2n) is 3.52. The maximum absolute atomic E-state index is 11.5. The number of carboxylic acid groups (broad SMARTS) is 1. The summed E-state index contributed by atoms with van der Waals surface area (Å²) in [5.74, 6) is 1.20. The van der Waals surface area contributed by atoms with Crippen molar-refractivity contribution in [3.8, 4) is 12.3 Å². The third kappa shape index (κ3) is 4.00. The maximum atomic E-state index is 11.5. The Bertz CT molecular complexity index is 523. The second kappa shape index (κ2) is 5.94. The van der Waals surface area contributed by atoms with E-state index < -0.39 is 18.0 Å². The highest BCUT2D eigenvalue weighted by molar-refractivity contribution is 6.31. The Balaban J connectivity index is 2.82. The highest BCUT2D eigenvalue weighted by Crippen LogP contribution is 2.19. The molecule has 1 atom stereocenters. The molecule has 0 aliphatic heterocycles. The van der Waals surface area contributed by atoms with Gasteiger partial charge in [0.05, 0.1) is 11.6 Å². The summed E-state index contributed by atoms with van der Waals surface area (Å²) in [6, 6.07) is 3.07. The van der Waals surface area contributed by atoms with Gasteiger partial charge in [-0.15, -0.1) is 6.42 Å². The molecule has 1 unspecified atom stereocenters. The second-order valence-corrected chi connectivity index (χ2v) is 3.96. The van der Waals surface area contributed by atoms with Crippen LogP contribution in [0.15, 0.2) is 18.2 Å². The van der Waals surface area contributed by atoms with Crippen LogP contribution in [0.4, 0.5) is 10.5 Å². The molecule has 0 bridgehead atoms. The van der Waals surface area contributed by atoms with Crippen molar-refractivity contribution in [1.29, 1.82) is 0 Å². The normalized spacial score (nSPS) is 11.2. The quantitative estimate of drug-likeness (QED) is 0.734. The van der Waals surface area contributed by atoms with E-state index in [0.717, 1.165) is 0 Å². The van der Waals surface area contributed by atoms with Gasteiger partial charge >= 0.3 is 12.0 Å². The van der Waals surface area contributed by atoms with Crippen LogP contribution in [-0.2, 0) is 0 Å². The number of anilines is 1. The summed E-state index contributed by atoms with van der Waals surface area (Å²) in [4.78, 5) is 22.3. The summed E-state index contributed by atoms with van der Waals surface area (Å²) in [7, 11) is 0. The number of carbonyl (C=O) groups is 2. The molecule has 1 rings (SSSR count). The van der Waals surface area contributed by atoms with Crippen LogP contribution in [0.5, 0.6) is 0 Å². The van der Waals surface area contributed by atoms with Crippen LogP contribution in [0, 0.1) is 12.3 Å². The standard InChI is InChI=1S/C12H11ClN2O3/c1-3-7(2)14-12(18)15-10-5-8(11(16)17)4-9(13)6-10/h1,4-7H,2H3,(H,16,17)(H2,14,15,18). The molecular formula is C12H11ClN2O3. The van der Waals surface area contributed by atoms with Crippen LogP contribution >= 0.6 is 11.6 Å². The number of carboxylic acids is 1. The molecular weight excluding hydrogens is 256 g/mol. The zero-order valence-corrected chi connectivity index (χ0v) is 10.3. The number of terminal acetylenes is 1. The van der Waals surface area contributed by atoms with E-state index in [4.69, 9.17) is 23.1 Å². The molecule has 1 aromatic carbocycles. The van der Waals surface area contributed by atoms with Crippen molar-refractivity contribution in [3.05, 3.63) is 28.8 Å². The number of rotatable bonds is 3. The van der Waals surface area contributed by atoms with E-state index in [0.29, 0.717) is 0 Å². The van der Waals surface area contributed by atoms with E-state index in [1.807, 2.05) is 0 Å². The number of nitrogens with one attached hydrogen (secondary N) is 2. The van der Waals surface area contributed by atoms with Gasteiger partial charge in [0.25, 0.3) is 0 Å². The van der Waals surface area contributed by atoms with Crippen molar-refractivity contribution in [2.45, 2.75) is 13.0 Å². The van der Waals surface area contributed by atoms with Gasteiger partial charge in [0.1, 0.15) is 0 Å². The highest BCUT2D eigenvalue weighted by Gasteiger charge is 2.09. The molecule has 0 saturated carbocycles. The molecule has 0 radical (unpaired) electrons. The third-order valence-electron chi connectivity index (χ3n) is 2.00. The lowest BCUT2D eigenvalue weighted by Crippen LogP contribution is -2.35. The lowest BCUT2D eigenvalue weighted by molar-refractivity contribution is 0.0697. The smallest absolute Gasteiger partial charge is 0.335 e. The molecule has 0 aliphatic rings. The van der Waals surface area contributed by atoms with Crippen molar-refractivity contribution < 1.29 is 14.7 Å². The van der Waals surface area contributed by atoms with E-state index in [2.05, 4.69) is 16.6 Å². The summed E-state index contributed by atoms with van der Waals surface area (Å²) in [6.45, 7) is 1.64. The molecule has 0 heterocycles. The first-order valence-corrected chi connectivity index (χ1v) is 5.37. The van der Waals surface area contributed by atoms with Crippen molar-refractivity contribution in [2.75, 3.05) is 5.32 Å².